The van der Waals surface area contributed by atoms with E-state index in [4.69, 9.17) is 0 Å². The highest BCUT2D eigenvalue weighted by Gasteiger charge is 2.29. The Hall–Kier alpha value is -3.31. The summed E-state index contributed by atoms with van der Waals surface area (Å²) in [6, 6.07) is 25.9. The maximum absolute atomic E-state index is 13.3. The zero-order valence-electron chi connectivity index (χ0n) is 17.4. The maximum atomic E-state index is 13.3. The van der Waals surface area contributed by atoms with Crippen LogP contribution in [0.25, 0.3) is 0 Å². The van der Waals surface area contributed by atoms with Crippen molar-refractivity contribution in [2.75, 3.05) is 11.4 Å². The average Bonchev–Trinajstić information content (AvgIpc) is 2.78. The van der Waals surface area contributed by atoms with Crippen LogP contribution in [-0.2, 0) is 22.6 Å². The maximum Gasteiger partial charge on any atom is 0.265 e. The van der Waals surface area contributed by atoms with Crippen LogP contribution in [0.15, 0.2) is 94.7 Å². The highest BCUT2D eigenvalue weighted by Crippen LogP contribution is 2.41. The molecule has 31 heavy (non-hydrogen) atoms. The molecule has 2 amide bonds. The molecule has 0 saturated carbocycles. The van der Waals surface area contributed by atoms with Gasteiger partial charge in [-0.2, -0.15) is 0 Å². The smallest absolute Gasteiger partial charge is 0.265 e. The molecule has 1 heterocycles. The van der Waals surface area contributed by atoms with Crippen molar-refractivity contribution in [3.63, 3.8) is 0 Å². The number of aryl methyl sites for hydroxylation is 1. The van der Waals surface area contributed by atoms with Crippen LogP contribution < -0.4 is 10.2 Å². The van der Waals surface area contributed by atoms with Crippen molar-refractivity contribution in [1.29, 1.82) is 0 Å². The SMILES string of the molecule is Cc1ccccc1CN1C(=O)C(=CC(=O)NCCc2ccccc2)Sc2ccccc21. The van der Waals surface area contributed by atoms with Crippen molar-refractivity contribution in [2.45, 2.75) is 24.8 Å². The monoisotopic (exact) mass is 428 g/mol. The zero-order chi connectivity index (χ0) is 21.6. The first-order chi connectivity index (χ1) is 15.1. The van der Waals surface area contributed by atoms with Crippen molar-refractivity contribution >= 4 is 29.3 Å². The van der Waals surface area contributed by atoms with Gasteiger partial charge in [-0.3, -0.25) is 9.59 Å². The van der Waals surface area contributed by atoms with E-state index in [9.17, 15) is 9.59 Å². The number of anilines is 1. The number of benzene rings is 3. The molecule has 0 aliphatic carbocycles. The van der Waals surface area contributed by atoms with Crippen LogP contribution in [0.4, 0.5) is 5.69 Å². The minimum atomic E-state index is -0.248. The Morgan fingerprint density at radius 2 is 1.68 bits per heavy atom. The molecule has 4 nitrogen and oxygen atoms in total. The summed E-state index contributed by atoms with van der Waals surface area (Å²) in [5.74, 6) is -0.396. The molecule has 1 N–H and O–H groups in total. The van der Waals surface area contributed by atoms with Crippen molar-refractivity contribution in [3.8, 4) is 0 Å². The number of hydrogen-bond donors (Lipinski definition) is 1. The van der Waals surface area contributed by atoms with Crippen molar-refractivity contribution in [1.82, 2.24) is 5.32 Å². The molecule has 1 aliphatic heterocycles. The standard InChI is InChI=1S/C26H24N2O2S/c1-19-9-5-6-12-21(19)18-28-22-13-7-8-14-23(22)31-24(26(28)30)17-25(29)27-16-15-20-10-3-2-4-11-20/h2-14,17H,15-16,18H2,1H3,(H,27,29). The number of thioether (sulfide) groups is 1. The molecular formula is C26H24N2O2S. The first-order valence-corrected chi connectivity index (χ1v) is 11.1. The molecule has 0 atom stereocenters. The summed E-state index contributed by atoms with van der Waals surface area (Å²) in [6.07, 6.45) is 2.18. The summed E-state index contributed by atoms with van der Waals surface area (Å²) < 4.78 is 0. The van der Waals surface area contributed by atoms with Gasteiger partial charge in [0.1, 0.15) is 0 Å². The second kappa shape index (κ2) is 9.67. The van der Waals surface area contributed by atoms with Gasteiger partial charge in [-0.1, -0.05) is 78.5 Å². The van der Waals surface area contributed by atoms with Crippen LogP contribution in [0, 0.1) is 6.92 Å². The Morgan fingerprint density at radius 3 is 2.48 bits per heavy atom. The molecule has 0 bridgehead atoms. The Bertz CT molecular complexity index is 1130. The minimum Gasteiger partial charge on any atom is -0.352 e. The topological polar surface area (TPSA) is 49.4 Å². The zero-order valence-corrected chi connectivity index (χ0v) is 18.2. The number of carbonyl (C=O) groups is 2. The third-order valence-electron chi connectivity index (χ3n) is 5.24. The number of rotatable bonds is 6. The van der Waals surface area contributed by atoms with Gasteiger partial charge in [0.25, 0.3) is 5.91 Å². The van der Waals surface area contributed by atoms with E-state index in [1.54, 1.807) is 4.90 Å². The summed E-state index contributed by atoms with van der Waals surface area (Å²) in [5, 5.41) is 2.90. The fraction of sp³-hybridized carbons (Fsp3) is 0.154. The van der Waals surface area contributed by atoms with E-state index in [0.29, 0.717) is 18.0 Å². The van der Waals surface area contributed by atoms with Crippen molar-refractivity contribution in [2.24, 2.45) is 0 Å². The van der Waals surface area contributed by atoms with E-state index in [1.807, 2.05) is 85.8 Å². The molecule has 0 fully saturated rings. The lowest BCUT2D eigenvalue weighted by molar-refractivity contribution is -0.118. The lowest BCUT2D eigenvalue weighted by Gasteiger charge is -2.30. The molecule has 3 aromatic rings. The van der Waals surface area contributed by atoms with Gasteiger partial charge in [0, 0.05) is 17.5 Å². The quantitative estimate of drug-likeness (QED) is 0.570. The van der Waals surface area contributed by atoms with Crippen LogP contribution in [0.2, 0.25) is 0 Å². The molecule has 0 aromatic heterocycles. The molecule has 0 radical (unpaired) electrons. The molecule has 0 saturated heterocycles. The number of nitrogens with one attached hydrogen (secondary N) is 1. The van der Waals surface area contributed by atoms with Gasteiger partial charge in [0.05, 0.1) is 17.1 Å². The number of para-hydroxylation sites is 1. The Kier molecular flexibility index (Phi) is 6.53. The normalized spacial score (nSPS) is 14.4. The Morgan fingerprint density at radius 1 is 0.968 bits per heavy atom. The molecule has 0 unspecified atom stereocenters. The lowest BCUT2D eigenvalue weighted by Crippen LogP contribution is -2.35. The molecule has 1 aliphatic rings. The number of hydrogen-bond acceptors (Lipinski definition) is 3. The van der Waals surface area contributed by atoms with E-state index in [1.165, 1.54) is 17.8 Å². The highest BCUT2D eigenvalue weighted by molar-refractivity contribution is 8.04. The molecule has 3 aromatic carbocycles. The average molecular weight is 429 g/mol. The number of fused-ring (bicyclic) bond motifs is 1. The first kappa shape index (κ1) is 20.9. The first-order valence-electron chi connectivity index (χ1n) is 10.3. The highest BCUT2D eigenvalue weighted by atomic mass is 32.2. The summed E-state index contributed by atoms with van der Waals surface area (Å²) >= 11 is 1.35. The molecular weight excluding hydrogens is 404 g/mol. The van der Waals surface area contributed by atoms with Crippen LogP contribution in [0.3, 0.4) is 0 Å². The van der Waals surface area contributed by atoms with Gasteiger partial charge in [-0.25, -0.2) is 0 Å². The summed E-state index contributed by atoms with van der Waals surface area (Å²) in [4.78, 5) is 29.0. The van der Waals surface area contributed by atoms with Gasteiger partial charge in [0.2, 0.25) is 5.91 Å². The summed E-state index contributed by atoms with van der Waals surface area (Å²) in [7, 11) is 0. The third-order valence-corrected chi connectivity index (χ3v) is 6.32. The van der Waals surface area contributed by atoms with E-state index in [0.717, 1.165) is 33.7 Å². The molecule has 0 spiro atoms. The van der Waals surface area contributed by atoms with Crippen molar-refractivity contribution in [3.05, 3.63) is 107 Å². The summed E-state index contributed by atoms with van der Waals surface area (Å²) in [6.45, 7) is 3.03. The molecule has 4 rings (SSSR count). The predicted molar refractivity (Wildman–Crippen MR) is 126 cm³/mol. The van der Waals surface area contributed by atoms with E-state index < -0.39 is 0 Å². The minimum absolute atomic E-state index is 0.148. The largest absolute Gasteiger partial charge is 0.352 e. The number of amides is 2. The van der Waals surface area contributed by atoms with Crippen molar-refractivity contribution < 1.29 is 9.59 Å². The van der Waals surface area contributed by atoms with Gasteiger partial charge in [0.15, 0.2) is 0 Å². The van der Waals surface area contributed by atoms with E-state index >= 15 is 0 Å². The number of carbonyl (C=O) groups excluding carboxylic acids is 2. The van der Waals surface area contributed by atoms with Crippen LogP contribution in [0.5, 0.6) is 0 Å². The number of nitrogens with zero attached hydrogens (tertiary/aromatic N) is 1. The van der Waals surface area contributed by atoms with Gasteiger partial charge >= 0.3 is 0 Å². The van der Waals surface area contributed by atoms with Crippen LogP contribution >= 0.6 is 11.8 Å². The lowest BCUT2D eigenvalue weighted by atomic mass is 10.1. The Balaban J connectivity index is 1.51. The van der Waals surface area contributed by atoms with E-state index in [-0.39, 0.29) is 11.8 Å². The Labute approximate surface area is 187 Å². The molecule has 5 heteroatoms. The fourth-order valence-electron chi connectivity index (χ4n) is 3.52. The second-order valence-corrected chi connectivity index (χ2v) is 8.51. The van der Waals surface area contributed by atoms with Gasteiger partial charge in [-0.05, 0) is 42.2 Å². The van der Waals surface area contributed by atoms with Gasteiger partial charge in [-0.15, -0.1) is 0 Å². The predicted octanol–water partition coefficient (Wildman–Crippen LogP) is 4.88. The van der Waals surface area contributed by atoms with Gasteiger partial charge < -0.3 is 10.2 Å². The second-order valence-electron chi connectivity index (χ2n) is 7.42. The third kappa shape index (κ3) is 5.06. The summed E-state index contributed by atoms with van der Waals surface area (Å²) in [5.41, 5.74) is 4.26. The van der Waals surface area contributed by atoms with E-state index in [2.05, 4.69) is 5.32 Å². The van der Waals surface area contributed by atoms with Crippen LogP contribution in [0.1, 0.15) is 16.7 Å². The van der Waals surface area contributed by atoms with Crippen LogP contribution in [-0.4, -0.2) is 18.4 Å². The molecule has 156 valence electrons. The fourth-order valence-corrected chi connectivity index (χ4v) is 4.55.